The zero-order valence-electron chi connectivity index (χ0n) is 15.6. The molecule has 0 saturated carbocycles. The van der Waals surface area contributed by atoms with Crippen LogP contribution in [0.15, 0.2) is 61.3 Å². The molecular formula is C21H26N6. The van der Waals surface area contributed by atoms with Crippen LogP contribution >= 0.6 is 0 Å². The Morgan fingerprint density at radius 3 is 2.63 bits per heavy atom. The monoisotopic (exact) mass is 362 g/mol. The second-order valence-electron chi connectivity index (χ2n) is 6.46. The minimum atomic E-state index is 0.549. The quantitative estimate of drug-likeness (QED) is 0.423. The first-order valence-corrected chi connectivity index (χ1v) is 9.18. The van der Waals surface area contributed by atoms with Crippen molar-refractivity contribution in [2.24, 2.45) is 11.6 Å². The highest BCUT2D eigenvalue weighted by Gasteiger charge is 2.07. The molecule has 0 aliphatic rings. The van der Waals surface area contributed by atoms with Gasteiger partial charge in [-0.1, -0.05) is 37.6 Å². The number of nitrogens with two attached hydrogens (primary N) is 2. The van der Waals surface area contributed by atoms with E-state index in [1.165, 1.54) is 11.1 Å². The van der Waals surface area contributed by atoms with Crippen molar-refractivity contribution in [3.63, 3.8) is 0 Å². The Morgan fingerprint density at radius 1 is 1.11 bits per heavy atom. The van der Waals surface area contributed by atoms with Crippen LogP contribution < -0.4 is 17.0 Å². The van der Waals surface area contributed by atoms with E-state index in [0.29, 0.717) is 5.70 Å². The largest absolute Gasteiger partial charge is 0.397 e. The molecule has 140 valence electrons. The number of rotatable bonds is 8. The number of imidazole rings is 1. The average molecular weight is 362 g/mol. The molecule has 0 bridgehead atoms. The third kappa shape index (κ3) is 4.74. The Hall–Kier alpha value is -3.12. The summed E-state index contributed by atoms with van der Waals surface area (Å²) in [6.45, 7) is 3.10. The summed E-state index contributed by atoms with van der Waals surface area (Å²) in [6.07, 6.45) is 10.4. The number of aromatic nitrogens is 3. The predicted molar refractivity (Wildman–Crippen MR) is 109 cm³/mol. The average Bonchev–Trinajstić information content (AvgIpc) is 3.17. The van der Waals surface area contributed by atoms with Crippen LogP contribution in [0.4, 0.5) is 0 Å². The summed E-state index contributed by atoms with van der Waals surface area (Å²) < 4.78 is 2.10. The second kappa shape index (κ2) is 9.00. The molecule has 0 unspecified atom stereocenters. The van der Waals surface area contributed by atoms with E-state index in [-0.39, 0.29) is 0 Å². The van der Waals surface area contributed by atoms with Gasteiger partial charge >= 0.3 is 0 Å². The number of nitrogens with zero attached hydrogens (tertiary/aromatic N) is 3. The van der Waals surface area contributed by atoms with Crippen LogP contribution in [0.5, 0.6) is 0 Å². The normalized spacial score (nSPS) is 11.6. The highest BCUT2D eigenvalue weighted by Crippen LogP contribution is 2.19. The molecule has 0 fully saturated rings. The van der Waals surface area contributed by atoms with Gasteiger partial charge < -0.3 is 15.7 Å². The van der Waals surface area contributed by atoms with Crippen molar-refractivity contribution in [1.82, 2.24) is 20.0 Å². The maximum absolute atomic E-state index is 5.97. The first-order valence-electron chi connectivity index (χ1n) is 9.18. The number of hydrogen-bond donors (Lipinski definition) is 3. The van der Waals surface area contributed by atoms with E-state index in [0.717, 1.165) is 42.8 Å². The summed E-state index contributed by atoms with van der Waals surface area (Å²) in [6, 6.07) is 12.4. The van der Waals surface area contributed by atoms with Crippen molar-refractivity contribution < 1.29 is 0 Å². The molecular weight excluding hydrogens is 336 g/mol. The molecule has 3 rings (SSSR count). The zero-order chi connectivity index (χ0) is 19.1. The minimum Gasteiger partial charge on any atom is -0.397 e. The fourth-order valence-electron chi connectivity index (χ4n) is 3.10. The van der Waals surface area contributed by atoms with Crippen molar-refractivity contribution in [2.75, 3.05) is 0 Å². The van der Waals surface area contributed by atoms with Crippen LogP contribution in [0.2, 0.25) is 0 Å². The Balaban J connectivity index is 1.72. The number of hydrogen-bond acceptors (Lipinski definition) is 5. The fraction of sp³-hybridized carbons (Fsp3) is 0.238. The fourth-order valence-corrected chi connectivity index (χ4v) is 3.10. The molecule has 6 heteroatoms. The zero-order valence-corrected chi connectivity index (χ0v) is 15.6. The summed E-state index contributed by atoms with van der Waals surface area (Å²) in [5.41, 5.74) is 14.3. The standard InChI is InChI=1S/C21H26N6/c1-2-5-16-6-3-4-7-17(16)9-11-27-14-21(25-15-27)20-12-18(8-10-24-20)19(22)13-26-23/h3-4,6-8,10,12-15,26H,2,5,9,11,22-23H2,1H3/b19-13-. The summed E-state index contributed by atoms with van der Waals surface area (Å²) in [7, 11) is 0. The van der Waals surface area contributed by atoms with Crippen molar-refractivity contribution >= 4 is 5.70 Å². The van der Waals surface area contributed by atoms with Crippen LogP contribution in [0, 0.1) is 0 Å². The topological polar surface area (TPSA) is 94.8 Å². The molecule has 0 spiro atoms. The van der Waals surface area contributed by atoms with Gasteiger partial charge in [0.15, 0.2) is 0 Å². The number of benzene rings is 1. The molecule has 0 atom stereocenters. The van der Waals surface area contributed by atoms with Gasteiger partial charge in [0.25, 0.3) is 0 Å². The Kier molecular flexibility index (Phi) is 6.22. The predicted octanol–water partition coefficient (Wildman–Crippen LogP) is 2.86. The molecule has 3 aromatic rings. The highest BCUT2D eigenvalue weighted by molar-refractivity contribution is 5.66. The van der Waals surface area contributed by atoms with Gasteiger partial charge in [0, 0.05) is 30.7 Å². The van der Waals surface area contributed by atoms with Crippen molar-refractivity contribution in [1.29, 1.82) is 0 Å². The number of nitrogens with one attached hydrogen (secondary N) is 1. The first kappa shape index (κ1) is 18.7. The van der Waals surface area contributed by atoms with Gasteiger partial charge in [0.2, 0.25) is 0 Å². The molecule has 0 radical (unpaired) electrons. The molecule has 0 aliphatic heterocycles. The van der Waals surface area contributed by atoms with E-state index in [1.807, 2.05) is 24.7 Å². The smallest absolute Gasteiger partial charge is 0.107 e. The third-order valence-corrected chi connectivity index (χ3v) is 4.50. The molecule has 1 aromatic carbocycles. The van der Waals surface area contributed by atoms with E-state index in [4.69, 9.17) is 11.6 Å². The second-order valence-corrected chi connectivity index (χ2v) is 6.46. The SMILES string of the molecule is CCCc1ccccc1CCn1cnc(-c2cc(/C(N)=C/NN)ccn2)c1. The number of pyridine rings is 1. The van der Waals surface area contributed by atoms with Gasteiger partial charge in [-0.3, -0.25) is 10.8 Å². The maximum atomic E-state index is 5.97. The molecule has 0 aliphatic carbocycles. The van der Waals surface area contributed by atoms with Gasteiger partial charge in [-0.25, -0.2) is 4.98 Å². The lowest BCUT2D eigenvalue weighted by Gasteiger charge is -2.09. The van der Waals surface area contributed by atoms with E-state index < -0.39 is 0 Å². The van der Waals surface area contributed by atoms with Gasteiger partial charge in [-0.05, 0) is 36.1 Å². The molecule has 2 aromatic heterocycles. The number of aryl methyl sites for hydroxylation is 3. The third-order valence-electron chi connectivity index (χ3n) is 4.50. The van der Waals surface area contributed by atoms with Crippen LogP contribution in [-0.2, 0) is 19.4 Å². The molecule has 6 nitrogen and oxygen atoms in total. The minimum absolute atomic E-state index is 0.549. The molecule has 0 amide bonds. The Labute approximate surface area is 159 Å². The van der Waals surface area contributed by atoms with E-state index in [9.17, 15) is 0 Å². The van der Waals surface area contributed by atoms with Crippen LogP contribution in [0.3, 0.4) is 0 Å². The lowest BCUT2D eigenvalue weighted by Crippen LogP contribution is -2.16. The molecule has 5 N–H and O–H groups in total. The van der Waals surface area contributed by atoms with Gasteiger partial charge in [-0.15, -0.1) is 0 Å². The summed E-state index contributed by atoms with van der Waals surface area (Å²) >= 11 is 0. The Bertz CT molecular complexity index is 912. The van der Waals surface area contributed by atoms with Gasteiger partial charge in [-0.2, -0.15) is 0 Å². The van der Waals surface area contributed by atoms with Gasteiger partial charge in [0.1, 0.15) is 5.69 Å². The van der Waals surface area contributed by atoms with E-state index in [2.05, 4.69) is 51.2 Å². The summed E-state index contributed by atoms with van der Waals surface area (Å²) in [4.78, 5) is 8.92. The maximum Gasteiger partial charge on any atom is 0.107 e. The highest BCUT2D eigenvalue weighted by atomic mass is 15.2. The van der Waals surface area contributed by atoms with E-state index in [1.54, 1.807) is 12.4 Å². The van der Waals surface area contributed by atoms with Crippen molar-refractivity contribution in [3.05, 3.63) is 78.0 Å². The van der Waals surface area contributed by atoms with Gasteiger partial charge in [0.05, 0.1) is 17.7 Å². The van der Waals surface area contributed by atoms with Crippen LogP contribution in [-0.4, -0.2) is 14.5 Å². The van der Waals surface area contributed by atoms with Crippen molar-refractivity contribution in [2.45, 2.75) is 32.7 Å². The molecule has 27 heavy (non-hydrogen) atoms. The summed E-state index contributed by atoms with van der Waals surface area (Å²) in [5, 5.41) is 0. The lowest BCUT2D eigenvalue weighted by atomic mass is 10.0. The van der Waals surface area contributed by atoms with Crippen LogP contribution in [0.25, 0.3) is 17.1 Å². The molecule has 2 heterocycles. The van der Waals surface area contributed by atoms with Crippen LogP contribution in [0.1, 0.15) is 30.0 Å². The number of hydrazine groups is 1. The molecule has 0 saturated heterocycles. The van der Waals surface area contributed by atoms with E-state index >= 15 is 0 Å². The first-order chi connectivity index (χ1) is 13.2. The summed E-state index contributed by atoms with van der Waals surface area (Å²) in [5.74, 6) is 5.29. The van der Waals surface area contributed by atoms with Crippen molar-refractivity contribution in [3.8, 4) is 11.4 Å². The lowest BCUT2D eigenvalue weighted by molar-refractivity contribution is 0.690. The Morgan fingerprint density at radius 2 is 1.89 bits per heavy atom.